The van der Waals surface area contributed by atoms with E-state index in [-0.39, 0.29) is 17.1 Å². The largest absolute Gasteiger partial charge is 0.493 e. The summed E-state index contributed by atoms with van der Waals surface area (Å²) < 4.78 is 10.3. The number of amides is 2. The van der Waals surface area contributed by atoms with Crippen molar-refractivity contribution in [3.8, 4) is 11.5 Å². The number of rotatable bonds is 7. The van der Waals surface area contributed by atoms with Crippen molar-refractivity contribution in [1.82, 2.24) is 10.7 Å². The van der Waals surface area contributed by atoms with E-state index in [1.165, 1.54) is 38.6 Å². The first kappa shape index (κ1) is 20.5. The number of ether oxygens (including phenoxy) is 2. The van der Waals surface area contributed by atoms with Crippen LogP contribution in [0.25, 0.3) is 0 Å². The zero-order valence-electron chi connectivity index (χ0n) is 14.6. The van der Waals surface area contributed by atoms with Gasteiger partial charge in [0, 0.05) is 5.02 Å². The molecule has 142 valence electrons. The van der Waals surface area contributed by atoms with Crippen LogP contribution in [0, 0.1) is 0 Å². The van der Waals surface area contributed by atoms with Gasteiger partial charge in [-0.25, -0.2) is 5.43 Å². The van der Waals surface area contributed by atoms with Crippen molar-refractivity contribution in [3.05, 3.63) is 57.6 Å². The van der Waals surface area contributed by atoms with Crippen LogP contribution < -0.4 is 20.2 Å². The molecular weight excluding hydrogens is 393 g/mol. The number of carbonyl (C=O) groups is 2. The van der Waals surface area contributed by atoms with Crippen molar-refractivity contribution in [2.24, 2.45) is 5.10 Å². The van der Waals surface area contributed by atoms with Crippen LogP contribution >= 0.6 is 23.2 Å². The van der Waals surface area contributed by atoms with Crippen molar-refractivity contribution < 1.29 is 19.1 Å². The fraction of sp³-hybridized carbons (Fsp3) is 0.167. The zero-order chi connectivity index (χ0) is 19.8. The van der Waals surface area contributed by atoms with Crippen LogP contribution in [-0.2, 0) is 4.79 Å². The van der Waals surface area contributed by atoms with Crippen LogP contribution in [0.3, 0.4) is 0 Å². The average Bonchev–Trinajstić information content (AvgIpc) is 2.66. The third-order valence-electron chi connectivity index (χ3n) is 3.40. The van der Waals surface area contributed by atoms with Crippen molar-refractivity contribution in [2.45, 2.75) is 0 Å². The first-order chi connectivity index (χ1) is 12.9. The molecule has 27 heavy (non-hydrogen) atoms. The highest BCUT2D eigenvalue weighted by atomic mass is 35.5. The number of benzene rings is 2. The molecule has 0 aliphatic carbocycles. The molecule has 2 aromatic carbocycles. The van der Waals surface area contributed by atoms with Gasteiger partial charge in [0.2, 0.25) is 0 Å². The lowest BCUT2D eigenvalue weighted by Gasteiger charge is -2.07. The van der Waals surface area contributed by atoms with E-state index in [1.807, 2.05) is 0 Å². The minimum Gasteiger partial charge on any atom is -0.493 e. The van der Waals surface area contributed by atoms with Gasteiger partial charge in [0.25, 0.3) is 11.8 Å². The first-order valence-electron chi connectivity index (χ1n) is 7.71. The molecule has 0 saturated carbocycles. The second kappa shape index (κ2) is 9.80. The number of carbonyl (C=O) groups excluding carboxylic acids is 2. The molecule has 0 aromatic heterocycles. The monoisotopic (exact) mass is 409 g/mol. The van der Waals surface area contributed by atoms with E-state index in [1.54, 1.807) is 18.2 Å². The number of nitrogens with one attached hydrogen (secondary N) is 2. The standard InChI is InChI=1S/C18H17Cl2N3O4/c1-26-15-6-3-11(7-16(15)27-2)9-22-23-17(24)10-21-18(25)13-5-4-12(19)8-14(13)20/h3-9H,10H2,1-2H3,(H,21,25)(H,23,24)/b22-9+. The number of nitrogens with zero attached hydrogens (tertiary/aromatic N) is 1. The molecule has 0 radical (unpaired) electrons. The van der Waals surface area contributed by atoms with Gasteiger partial charge in [0.1, 0.15) is 0 Å². The van der Waals surface area contributed by atoms with Crippen LogP contribution in [0.15, 0.2) is 41.5 Å². The van der Waals surface area contributed by atoms with Crippen LogP contribution in [-0.4, -0.2) is 38.8 Å². The van der Waals surface area contributed by atoms with Gasteiger partial charge in [0.15, 0.2) is 11.5 Å². The summed E-state index contributed by atoms with van der Waals surface area (Å²) in [5.41, 5.74) is 3.24. The van der Waals surface area contributed by atoms with Gasteiger partial charge in [0.05, 0.1) is 37.6 Å². The summed E-state index contributed by atoms with van der Waals surface area (Å²) >= 11 is 11.7. The molecule has 0 saturated heterocycles. The van der Waals surface area contributed by atoms with E-state index < -0.39 is 11.8 Å². The third kappa shape index (κ3) is 5.87. The maximum atomic E-state index is 12.0. The molecule has 0 aliphatic heterocycles. The highest BCUT2D eigenvalue weighted by Crippen LogP contribution is 2.26. The van der Waals surface area contributed by atoms with Gasteiger partial charge >= 0.3 is 0 Å². The summed E-state index contributed by atoms with van der Waals surface area (Å²) in [5, 5.41) is 6.91. The molecule has 0 fully saturated rings. The predicted molar refractivity (Wildman–Crippen MR) is 104 cm³/mol. The van der Waals surface area contributed by atoms with Crippen LogP contribution in [0.5, 0.6) is 11.5 Å². The van der Waals surface area contributed by atoms with Gasteiger partial charge in [-0.05, 0) is 42.0 Å². The minimum absolute atomic E-state index is 0.201. The molecule has 0 aliphatic rings. The summed E-state index contributed by atoms with van der Waals surface area (Å²) in [6, 6.07) is 9.65. The number of hydrogen-bond donors (Lipinski definition) is 2. The van der Waals surface area contributed by atoms with Crippen molar-refractivity contribution >= 4 is 41.2 Å². The van der Waals surface area contributed by atoms with Crippen LogP contribution in [0.4, 0.5) is 0 Å². The normalized spacial score (nSPS) is 10.5. The maximum absolute atomic E-state index is 12.0. The zero-order valence-corrected chi connectivity index (χ0v) is 16.1. The van der Waals surface area contributed by atoms with Crippen molar-refractivity contribution in [2.75, 3.05) is 20.8 Å². The molecule has 9 heteroatoms. The molecule has 2 N–H and O–H groups in total. The fourth-order valence-corrected chi connectivity index (χ4v) is 2.58. The molecule has 0 spiro atoms. The Kier molecular flexibility index (Phi) is 7.45. The maximum Gasteiger partial charge on any atom is 0.259 e. The smallest absolute Gasteiger partial charge is 0.259 e. The molecule has 2 amide bonds. The second-order valence-corrected chi connectivity index (χ2v) is 6.06. The molecule has 0 unspecified atom stereocenters. The Balaban J connectivity index is 1.87. The molecule has 0 heterocycles. The number of hydrogen-bond acceptors (Lipinski definition) is 5. The summed E-state index contributed by atoms with van der Waals surface area (Å²) in [6.07, 6.45) is 1.44. The Morgan fingerprint density at radius 3 is 2.48 bits per heavy atom. The summed E-state index contributed by atoms with van der Waals surface area (Å²) in [6.45, 7) is -0.263. The Labute approximate surface area is 166 Å². The summed E-state index contributed by atoms with van der Waals surface area (Å²) in [7, 11) is 3.06. The number of hydrazone groups is 1. The molecule has 2 rings (SSSR count). The van der Waals surface area contributed by atoms with E-state index in [0.717, 1.165) is 0 Å². The lowest BCUT2D eigenvalue weighted by molar-refractivity contribution is -0.120. The van der Waals surface area contributed by atoms with E-state index in [9.17, 15) is 9.59 Å². The van der Waals surface area contributed by atoms with E-state index in [4.69, 9.17) is 32.7 Å². The molecule has 0 bridgehead atoms. The highest BCUT2D eigenvalue weighted by Gasteiger charge is 2.11. The van der Waals surface area contributed by atoms with E-state index in [2.05, 4.69) is 15.8 Å². The second-order valence-electron chi connectivity index (χ2n) is 5.21. The summed E-state index contributed by atoms with van der Waals surface area (Å²) in [4.78, 5) is 23.8. The SMILES string of the molecule is COc1ccc(/C=N/NC(=O)CNC(=O)c2ccc(Cl)cc2Cl)cc1OC. The Morgan fingerprint density at radius 2 is 1.81 bits per heavy atom. The predicted octanol–water partition coefficient (Wildman–Crippen LogP) is 2.89. The van der Waals surface area contributed by atoms with E-state index in [0.29, 0.717) is 22.1 Å². The molecule has 7 nitrogen and oxygen atoms in total. The Hall–Kier alpha value is -2.77. The number of halogens is 2. The minimum atomic E-state index is -0.495. The van der Waals surface area contributed by atoms with Crippen LogP contribution in [0.2, 0.25) is 10.0 Å². The van der Waals surface area contributed by atoms with Crippen molar-refractivity contribution in [1.29, 1.82) is 0 Å². The quantitative estimate of drug-likeness (QED) is 0.543. The molecule has 0 atom stereocenters. The van der Waals surface area contributed by atoms with Gasteiger partial charge in [-0.15, -0.1) is 0 Å². The topological polar surface area (TPSA) is 89.0 Å². The van der Waals surface area contributed by atoms with Crippen molar-refractivity contribution in [3.63, 3.8) is 0 Å². The lowest BCUT2D eigenvalue weighted by Crippen LogP contribution is -2.35. The first-order valence-corrected chi connectivity index (χ1v) is 8.47. The summed E-state index contributed by atoms with van der Waals surface area (Å²) in [5.74, 6) is 0.142. The molecule has 2 aromatic rings. The van der Waals surface area contributed by atoms with Crippen LogP contribution in [0.1, 0.15) is 15.9 Å². The lowest BCUT2D eigenvalue weighted by atomic mass is 10.2. The number of methoxy groups -OCH3 is 2. The fourth-order valence-electron chi connectivity index (χ4n) is 2.08. The van der Waals surface area contributed by atoms with Gasteiger partial charge in [-0.3, -0.25) is 9.59 Å². The van der Waals surface area contributed by atoms with Gasteiger partial charge in [-0.2, -0.15) is 5.10 Å². The molecular formula is C18H17Cl2N3O4. The third-order valence-corrected chi connectivity index (χ3v) is 3.94. The van der Waals surface area contributed by atoms with E-state index >= 15 is 0 Å². The Bertz CT molecular complexity index is 872. The van der Waals surface area contributed by atoms with Gasteiger partial charge in [-0.1, -0.05) is 23.2 Å². The van der Waals surface area contributed by atoms with Gasteiger partial charge < -0.3 is 14.8 Å². The highest BCUT2D eigenvalue weighted by molar-refractivity contribution is 6.36. The average molecular weight is 410 g/mol. The Morgan fingerprint density at radius 1 is 1.07 bits per heavy atom.